The maximum atomic E-state index is 12.1. The molecule has 0 amide bonds. The average molecular weight is 410 g/mol. The molecule has 0 saturated heterocycles. The van der Waals surface area contributed by atoms with Gasteiger partial charge in [0.05, 0.1) is 22.5 Å². The molecule has 0 bridgehead atoms. The van der Waals surface area contributed by atoms with Crippen molar-refractivity contribution in [3.05, 3.63) is 33.7 Å². The van der Waals surface area contributed by atoms with Crippen molar-refractivity contribution >= 4 is 33.2 Å². The molecule has 1 heterocycles. The van der Waals surface area contributed by atoms with Gasteiger partial charge in [-0.1, -0.05) is 0 Å². The van der Waals surface area contributed by atoms with Crippen LogP contribution in [0.3, 0.4) is 0 Å². The number of aromatic nitrogens is 1. The second kappa shape index (κ2) is 7.31. The molecule has 4 nitrogen and oxygen atoms in total. The van der Waals surface area contributed by atoms with Crippen LogP contribution in [0.25, 0.3) is 10.6 Å². The van der Waals surface area contributed by atoms with Gasteiger partial charge in [-0.15, -0.1) is 24.5 Å². The van der Waals surface area contributed by atoms with Gasteiger partial charge in [0, 0.05) is 5.56 Å². The summed E-state index contributed by atoms with van der Waals surface area (Å²) in [5.41, 5.74) is 1.15. The monoisotopic (exact) mass is 409 g/mol. The van der Waals surface area contributed by atoms with Gasteiger partial charge in [0.1, 0.15) is 10.8 Å². The smallest absolute Gasteiger partial charge is 0.466 e. The van der Waals surface area contributed by atoms with Crippen LogP contribution < -0.4 is 4.74 Å². The fourth-order valence-electron chi connectivity index (χ4n) is 1.71. The molecule has 0 radical (unpaired) electrons. The Kier molecular flexibility index (Phi) is 5.64. The van der Waals surface area contributed by atoms with Gasteiger partial charge in [0.15, 0.2) is 0 Å². The maximum Gasteiger partial charge on any atom is 0.573 e. The molecule has 0 N–H and O–H groups in total. The summed E-state index contributed by atoms with van der Waals surface area (Å²) in [4.78, 5) is 15.8. The van der Waals surface area contributed by atoms with Crippen LogP contribution in [-0.2, 0) is 16.0 Å². The van der Waals surface area contributed by atoms with Crippen LogP contribution in [0.4, 0.5) is 13.2 Å². The molecule has 9 heteroatoms. The number of alkyl halides is 3. The topological polar surface area (TPSA) is 48.4 Å². The Balaban J connectivity index is 2.14. The molecule has 0 aliphatic rings. The number of carbonyl (C=O) groups excluding carboxylic acids is 1. The number of carbonyl (C=O) groups is 1. The van der Waals surface area contributed by atoms with Crippen molar-refractivity contribution in [1.82, 2.24) is 4.98 Å². The summed E-state index contributed by atoms with van der Waals surface area (Å²) in [7, 11) is 0. The molecule has 1 aromatic carbocycles. The SMILES string of the molecule is CCOC(=O)Cc1nc(-c2ccc(OC(F)(F)F)cc2)sc1Br. The van der Waals surface area contributed by atoms with E-state index in [1.54, 1.807) is 6.92 Å². The van der Waals surface area contributed by atoms with Crippen molar-refractivity contribution in [3.63, 3.8) is 0 Å². The van der Waals surface area contributed by atoms with Gasteiger partial charge in [-0.05, 0) is 47.1 Å². The molecule has 2 aromatic rings. The second-order valence-corrected chi connectivity index (χ2v) is 6.61. The van der Waals surface area contributed by atoms with Crippen molar-refractivity contribution in [3.8, 4) is 16.3 Å². The lowest BCUT2D eigenvalue weighted by molar-refractivity contribution is -0.274. The lowest BCUT2D eigenvalue weighted by Gasteiger charge is -2.08. The Hall–Kier alpha value is -1.61. The Labute approximate surface area is 142 Å². The predicted octanol–water partition coefficient (Wildman–Crippen LogP) is 4.58. The number of rotatable bonds is 5. The van der Waals surface area contributed by atoms with Gasteiger partial charge in [-0.3, -0.25) is 4.79 Å². The highest BCUT2D eigenvalue weighted by molar-refractivity contribution is 9.11. The second-order valence-electron chi connectivity index (χ2n) is 4.29. The van der Waals surface area contributed by atoms with Gasteiger partial charge in [0.2, 0.25) is 0 Å². The highest BCUT2D eigenvalue weighted by atomic mass is 79.9. The molecule has 0 aliphatic carbocycles. The fraction of sp³-hybridized carbons (Fsp3) is 0.286. The van der Waals surface area contributed by atoms with E-state index in [-0.39, 0.29) is 24.7 Å². The number of halogens is 4. The summed E-state index contributed by atoms with van der Waals surface area (Å²) in [6, 6.07) is 5.37. The minimum absolute atomic E-state index is 0.0280. The molecule has 2 rings (SSSR count). The third kappa shape index (κ3) is 5.21. The molecule has 0 aliphatic heterocycles. The van der Waals surface area contributed by atoms with E-state index >= 15 is 0 Å². The zero-order chi connectivity index (χ0) is 17.0. The zero-order valence-corrected chi connectivity index (χ0v) is 14.2. The van der Waals surface area contributed by atoms with Gasteiger partial charge < -0.3 is 9.47 Å². The van der Waals surface area contributed by atoms with Crippen LogP contribution in [0.5, 0.6) is 5.75 Å². The van der Waals surface area contributed by atoms with Crippen LogP contribution in [0, 0.1) is 0 Å². The maximum absolute atomic E-state index is 12.1. The molecule has 0 atom stereocenters. The third-order valence-corrected chi connectivity index (χ3v) is 4.48. The van der Waals surface area contributed by atoms with Gasteiger partial charge >= 0.3 is 12.3 Å². The van der Waals surface area contributed by atoms with E-state index in [4.69, 9.17) is 4.74 Å². The number of ether oxygens (including phenoxy) is 2. The first kappa shape index (κ1) is 17.7. The number of thiazole rings is 1. The average Bonchev–Trinajstić information content (AvgIpc) is 2.79. The molecule has 1 aromatic heterocycles. The first-order chi connectivity index (χ1) is 10.8. The Bertz CT molecular complexity index is 686. The summed E-state index contributed by atoms with van der Waals surface area (Å²) in [6.07, 6.45) is -4.70. The summed E-state index contributed by atoms with van der Waals surface area (Å²) in [5.74, 6) is -0.692. The number of nitrogens with zero attached hydrogens (tertiary/aromatic N) is 1. The first-order valence-corrected chi connectivity index (χ1v) is 8.06. The van der Waals surface area contributed by atoms with Crippen LogP contribution in [0.2, 0.25) is 0 Å². The Morgan fingerprint density at radius 1 is 1.30 bits per heavy atom. The molecule has 124 valence electrons. The highest BCUT2D eigenvalue weighted by Crippen LogP contribution is 2.33. The minimum atomic E-state index is -4.72. The molecule has 0 spiro atoms. The molecule has 0 fully saturated rings. The molecular formula is C14H11BrF3NO3S. The van der Waals surface area contributed by atoms with E-state index in [1.165, 1.54) is 35.6 Å². The molecule has 23 heavy (non-hydrogen) atoms. The third-order valence-electron chi connectivity index (χ3n) is 2.60. The minimum Gasteiger partial charge on any atom is -0.466 e. The quantitative estimate of drug-likeness (QED) is 0.678. The number of esters is 1. The summed E-state index contributed by atoms with van der Waals surface area (Å²) >= 11 is 4.60. The van der Waals surface area contributed by atoms with Crippen molar-refractivity contribution < 1.29 is 27.4 Å². The normalized spacial score (nSPS) is 11.3. The predicted molar refractivity (Wildman–Crippen MR) is 82.3 cm³/mol. The fourth-order valence-corrected chi connectivity index (χ4v) is 3.22. The number of hydrogen-bond donors (Lipinski definition) is 0. The van der Waals surface area contributed by atoms with E-state index in [0.717, 1.165) is 0 Å². The van der Waals surface area contributed by atoms with E-state index in [9.17, 15) is 18.0 Å². The van der Waals surface area contributed by atoms with Gasteiger partial charge in [-0.2, -0.15) is 0 Å². The number of hydrogen-bond acceptors (Lipinski definition) is 5. The van der Waals surface area contributed by atoms with Crippen LogP contribution in [0.1, 0.15) is 12.6 Å². The van der Waals surface area contributed by atoms with Gasteiger partial charge in [0.25, 0.3) is 0 Å². The zero-order valence-electron chi connectivity index (χ0n) is 11.8. The van der Waals surface area contributed by atoms with E-state index in [0.29, 0.717) is 20.1 Å². The molecule has 0 saturated carbocycles. The number of benzene rings is 1. The van der Waals surface area contributed by atoms with Crippen LogP contribution >= 0.6 is 27.3 Å². The van der Waals surface area contributed by atoms with Crippen molar-refractivity contribution in [2.24, 2.45) is 0 Å². The van der Waals surface area contributed by atoms with Crippen LogP contribution in [-0.4, -0.2) is 23.9 Å². The van der Waals surface area contributed by atoms with E-state index < -0.39 is 6.36 Å². The Morgan fingerprint density at radius 2 is 1.96 bits per heavy atom. The summed E-state index contributed by atoms with van der Waals surface area (Å²) < 4.78 is 45.7. The lowest BCUT2D eigenvalue weighted by Crippen LogP contribution is -2.16. The van der Waals surface area contributed by atoms with Crippen molar-refractivity contribution in [1.29, 1.82) is 0 Å². The molecular weight excluding hydrogens is 399 g/mol. The molecule has 0 unspecified atom stereocenters. The van der Waals surface area contributed by atoms with Crippen LogP contribution in [0.15, 0.2) is 28.1 Å². The first-order valence-electron chi connectivity index (χ1n) is 6.45. The lowest BCUT2D eigenvalue weighted by atomic mass is 10.2. The van der Waals surface area contributed by atoms with Crippen molar-refractivity contribution in [2.45, 2.75) is 19.7 Å². The standard InChI is InChI=1S/C14H11BrF3NO3S/c1-2-21-11(20)7-10-12(15)23-13(19-10)8-3-5-9(6-4-8)22-14(16,17)18/h3-6H,2,7H2,1H3. The summed E-state index contributed by atoms with van der Waals surface area (Å²) in [5, 5.41) is 0.578. The summed E-state index contributed by atoms with van der Waals surface area (Å²) in [6.45, 7) is 2.00. The van der Waals surface area contributed by atoms with Gasteiger partial charge in [-0.25, -0.2) is 4.98 Å². The van der Waals surface area contributed by atoms with E-state index in [2.05, 4.69) is 25.7 Å². The van der Waals surface area contributed by atoms with Crippen molar-refractivity contribution in [2.75, 3.05) is 6.61 Å². The largest absolute Gasteiger partial charge is 0.573 e. The Morgan fingerprint density at radius 3 is 2.52 bits per heavy atom. The van der Waals surface area contributed by atoms with E-state index in [1.807, 2.05) is 0 Å². The highest BCUT2D eigenvalue weighted by Gasteiger charge is 2.31.